The molecule has 182 valence electrons. The minimum absolute atomic E-state index is 0.00741. The second-order valence-electron chi connectivity index (χ2n) is 7.16. The molecule has 1 aliphatic heterocycles. The van der Waals surface area contributed by atoms with Gasteiger partial charge in [0.2, 0.25) is 11.8 Å². The van der Waals surface area contributed by atoms with Crippen LogP contribution >= 0.6 is 11.8 Å². The molecule has 2 atom stereocenters. The largest absolute Gasteiger partial charge is 0.497 e. The van der Waals surface area contributed by atoms with Gasteiger partial charge in [-0.05, 0) is 55.5 Å². The Morgan fingerprint density at radius 1 is 1.12 bits per heavy atom. The third kappa shape index (κ3) is 6.27. The molecule has 3 rings (SSSR count). The molecule has 2 amide bonds. The number of thioether (sulfide) groups is 1. The van der Waals surface area contributed by atoms with Gasteiger partial charge in [-0.2, -0.15) is 0 Å². The highest BCUT2D eigenvalue weighted by molar-refractivity contribution is 8.00. The maximum atomic E-state index is 12.8. The van der Waals surface area contributed by atoms with Gasteiger partial charge in [0.25, 0.3) is 0 Å². The molecule has 10 nitrogen and oxygen atoms in total. The summed E-state index contributed by atoms with van der Waals surface area (Å²) >= 11 is 1.12. The Bertz CT molecular complexity index is 1140. The monoisotopic (exact) mass is 507 g/mol. The van der Waals surface area contributed by atoms with E-state index in [2.05, 4.69) is 16.0 Å². The number of methoxy groups -OCH3 is 1. The van der Waals surface area contributed by atoms with Crippen LogP contribution in [0, 0.1) is 0 Å². The van der Waals surface area contributed by atoms with E-state index < -0.39 is 32.5 Å². The fourth-order valence-corrected chi connectivity index (χ4v) is 5.43. The highest BCUT2D eigenvalue weighted by Crippen LogP contribution is 2.22. The molecule has 1 saturated heterocycles. The van der Waals surface area contributed by atoms with Crippen LogP contribution in [0.1, 0.15) is 17.3 Å². The van der Waals surface area contributed by atoms with Crippen molar-refractivity contribution in [3.63, 3.8) is 0 Å². The fraction of sp³-hybridized carbons (Fsp3) is 0.318. The van der Waals surface area contributed by atoms with Crippen molar-refractivity contribution in [3.8, 4) is 5.75 Å². The zero-order chi connectivity index (χ0) is 24.7. The molecule has 0 bridgehead atoms. The summed E-state index contributed by atoms with van der Waals surface area (Å²) in [7, 11) is -2.42. The van der Waals surface area contributed by atoms with E-state index >= 15 is 0 Å². The SMILES string of the molecule is CCOC(=O)c1ccc(NC(=O)CSC2NCC(S(=O)(=O)c3ccc(OC)cc3)C(=O)N2)cc1. The predicted octanol–water partition coefficient (Wildman–Crippen LogP) is 1.39. The molecule has 12 heteroatoms. The van der Waals surface area contributed by atoms with Gasteiger partial charge in [0.05, 0.1) is 29.9 Å². The first-order valence-corrected chi connectivity index (χ1v) is 12.9. The lowest BCUT2D eigenvalue weighted by molar-refractivity contribution is -0.122. The van der Waals surface area contributed by atoms with E-state index in [9.17, 15) is 22.8 Å². The number of hydrogen-bond donors (Lipinski definition) is 3. The van der Waals surface area contributed by atoms with E-state index in [0.717, 1.165) is 11.8 Å². The van der Waals surface area contributed by atoms with E-state index in [-0.39, 0.29) is 29.7 Å². The molecule has 0 spiro atoms. The Balaban J connectivity index is 1.49. The molecule has 1 aliphatic rings. The summed E-state index contributed by atoms with van der Waals surface area (Å²) in [6, 6.07) is 12.1. The van der Waals surface area contributed by atoms with E-state index in [1.807, 2.05) is 0 Å². The highest BCUT2D eigenvalue weighted by Gasteiger charge is 2.38. The maximum Gasteiger partial charge on any atom is 0.338 e. The molecule has 2 unspecified atom stereocenters. The molecule has 1 fully saturated rings. The minimum atomic E-state index is -3.90. The van der Waals surface area contributed by atoms with Crippen LogP contribution in [0.25, 0.3) is 0 Å². The van der Waals surface area contributed by atoms with Gasteiger partial charge in [-0.1, -0.05) is 0 Å². The normalized spacial score (nSPS) is 18.0. The molecule has 3 N–H and O–H groups in total. The van der Waals surface area contributed by atoms with E-state index in [4.69, 9.17) is 9.47 Å². The number of rotatable bonds is 9. The number of esters is 1. The van der Waals surface area contributed by atoms with Crippen molar-refractivity contribution in [2.24, 2.45) is 0 Å². The molecule has 0 radical (unpaired) electrons. The third-order valence-corrected chi connectivity index (χ3v) is 7.98. The van der Waals surface area contributed by atoms with Crippen LogP contribution in [0.5, 0.6) is 5.75 Å². The predicted molar refractivity (Wildman–Crippen MR) is 127 cm³/mol. The van der Waals surface area contributed by atoms with Crippen molar-refractivity contribution < 1.29 is 32.3 Å². The van der Waals surface area contributed by atoms with Gasteiger partial charge in [-0.3, -0.25) is 14.9 Å². The molecule has 2 aromatic rings. The Morgan fingerprint density at radius 2 is 1.79 bits per heavy atom. The van der Waals surface area contributed by atoms with E-state index in [0.29, 0.717) is 17.0 Å². The number of benzene rings is 2. The van der Waals surface area contributed by atoms with Gasteiger partial charge in [0.15, 0.2) is 15.1 Å². The summed E-state index contributed by atoms with van der Waals surface area (Å²) < 4.78 is 35.6. The van der Waals surface area contributed by atoms with Crippen molar-refractivity contribution in [1.82, 2.24) is 10.6 Å². The molecule has 2 aromatic carbocycles. The fourth-order valence-electron chi connectivity index (χ4n) is 3.12. The highest BCUT2D eigenvalue weighted by atomic mass is 32.2. The molecular weight excluding hydrogens is 482 g/mol. The quantitative estimate of drug-likeness (QED) is 0.430. The molecular formula is C22H25N3O7S2. The number of nitrogens with one attached hydrogen (secondary N) is 3. The van der Waals surface area contributed by atoms with Crippen LogP contribution in [0.4, 0.5) is 5.69 Å². The Hall–Kier alpha value is -3.09. The minimum Gasteiger partial charge on any atom is -0.497 e. The van der Waals surface area contributed by atoms with Gasteiger partial charge in [-0.25, -0.2) is 13.2 Å². The summed E-state index contributed by atoms with van der Waals surface area (Å²) in [5.41, 5.74) is 0.263. The average Bonchev–Trinajstić information content (AvgIpc) is 2.83. The van der Waals surface area contributed by atoms with Crippen LogP contribution in [0.15, 0.2) is 53.4 Å². The summed E-state index contributed by atoms with van der Waals surface area (Å²) in [6.07, 6.45) is 0. The zero-order valence-corrected chi connectivity index (χ0v) is 20.2. The number of amides is 2. The number of ether oxygens (including phenoxy) is 2. The van der Waals surface area contributed by atoms with Gasteiger partial charge in [-0.15, -0.1) is 11.8 Å². The molecule has 0 aliphatic carbocycles. The smallest absolute Gasteiger partial charge is 0.338 e. The zero-order valence-electron chi connectivity index (χ0n) is 18.6. The molecule has 0 saturated carbocycles. The number of carbonyl (C=O) groups excluding carboxylic acids is 3. The van der Waals surface area contributed by atoms with Crippen molar-refractivity contribution in [3.05, 3.63) is 54.1 Å². The maximum absolute atomic E-state index is 12.8. The number of hydrogen-bond acceptors (Lipinski definition) is 9. The van der Waals surface area contributed by atoms with E-state index in [1.165, 1.54) is 31.4 Å². The first-order chi connectivity index (χ1) is 16.2. The number of anilines is 1. The summed E-state index contributed by atoms with van der Waals surface area (Å²) in [5, 5.41) is 6.95. The third-order valence-electron chi connectivity index (χ3n) is 4.88. The summed E-state index contributed by atoms with van der Waals surface area (Å²) in [6.45, 7) is 1.90. The van der Waals surface area contributed by atoms with Crippen LogP contribution in [0.3, 0.4) is 0 Å². The van der Waals surface area contributed by atoms with Crippen LogP contribution < -0.4 is 20.7 Å². The summed E-state index contributed by atoms with van der Waals surface area (Å²) in [4.78, 5) is 36.5. The van der Waals surface area contributed by atoms with Gasteiger partial charge >= 0.3 is 5.97 Å². The van der Waals surface area contributed by atoms with Crippen molar-refractivity contribution in [2.75, 3.05) is 31.3 Å². The lowest BCUT2D eigenvalue weighted by atomic mass is 10.2. The van der Waals surface area contributed by atoms with Crippen LogP contribution in [0.2, 0.25) is 0 Å². The van der Waals surface area contributed by atoms with Crippen LogP contribution in [-0.4, -0.2) is 63.0 Å². The lowest BCUT2D eigenvalue weighted by Gasteiger charge is -2.29. The van der Waals surface area contributed by atoms with Gasteiger partial charge in [0, 0.05) is 12.2 Å². The molecule has 34 heavy (non-hydrogen) atoms. The van der Waals surface area contributed by atoms with Gasteiger partial charge in [0.1, 0.15) is 11.2 Å². The van der Waals surface area contributed by atoms with Crippen molar-refractivity contribution >= 4 is 45.1 Å². The second kappa shape index (κ2) is 11.4. The van der Waals surface area contributed by atoms with E-state index in [1.54, 1.807) is 31.2 Å². The number of carbonyl (C=O) groups is 3. The Morgan fingerprint density at radius 3 is 2.38 bits per heavy atom. The summed E-state index contributed by atoms with van der Waals surface area (Å²) in [5.74, 6) is -0.884. The van der Waals surface area contributed by atoms with Crippen molar-refractivity contribution in [2.45, 2.75) is 22.6 Å². The Kier molecular flexibility index (Phi) is 8.53. The molecule has 0 aromatic heterocycles. The molecule has 1 heterocycles. The van der Waals surface area contributed by atoms with Gasteiger partial charge < -0.3 is 20.1 Å². The average molecular weight is 508 g/mol. The standard InChI is InChI=1S/C22H25N3O7S2/c1-3-32-21(28)14-4-6-15(7-5-14)24-19(26)13-33-22-23-12-18(20(27)25-22)34(29,30)17-10-8-16(31-2)9-11-17/h4-11,18,22-23H,3,12-13H2,1-2H3,(H,24,26)(H,25,27). The first-order valence-electron chi connectivity index (χ1n) is 10.3. The van der Waals surface area contributed by atoms with Crippen molar-refractivity contribution in [1.29, 1.82) is 0 Å². The number of sulfone groups is 1. The second-order valence-corrected chi connectivity index (χ2v) is 10.4. The Labute approximate surface area is 201 Å². The first kappa shape index (κ1) is 25.5. The topological polar surface area (TPSA) is 140 Å². The van der Waals surface area contributed by atoms with Crippen LogP contribution in [-0.2, 0) is 24.2 Å². The lowest BCUT2D eigenvalue weighted by Crippen LogP contribution is -2.59.